The normalized spacial score (nSPS) is 14.1. The number of carbonyl (C=O) groups is 1. The lowest BCUT2D eigenvalue weighted by Crippen LogP contribution is -2.25. The van der Waals surface area contributed by atoms with Crippen LogP contribution in [0.1, 0.15) is 27.3 Å². The van der Waals surface area contributed by atoms with Gasteiger partial charge in [-0.15, -0.1) is 0 Å². The van der Waals surface area contributed by atoms with Crippen LogP contribution in [0.3, 0.4) is 0 Å². The molecule has 0 spiro atoms. The van der Waals surface area contributed by atoms with E-state index in [1.807, 2.05) is 28.6 Å². The quantitative estimate of drug-likeness (QED) is 0.929. The number of aromatic nitrogens is 2. The average molecular weight is 291 g/mol. The summed E-state index contributed by atoms with van der Waals surface area (Å²) in [6.07, 6.45) is 1.66. The van der Waals surface area contributed by atoms with E-state index in [1.54, 1.807) is 0 Å². The van der Waals surface area contributed by atoms with Crippen molar-refractivity contribution in [3.05, 3.63) is 39.3 Å². The number of aryl methyl sites for hydroxylation is 1. The second-order valence-corrected chi connectivity index (χ2v) is 5.60. The minimum atomic E-state index is -0.0210. The summed E-state index contributed by atoms with van der Waals surface area (Å²) in [5, 5.41) is 11.2. The van der Waals surface area contributed by atoms with E-state index < -0.39 is 0 Å². The van der Waals surface area contributed by atoms with E-state index in [-0.39, 0.29) is 5.91 Å². The molecule has 0 radical (unpaired) electrons. The van der Waals surface area contributed by atoms with Crippen LogP contribution in [0.5, 0.6) is 0 Å². The molecule has 1 amide bonds. The number of thiophene rings is 1. The van der Waals surface area contributed by atoms with Crippen LogP contribution in [0.25, 0.3) is 0 Å². The molecule has 3 heterocycles. The number of nitrogens with one attached hydrogen (secondary N) is 1. The van der Waals surface area contributed by atoms with Gasteiger partial charge in [-0.05, 0) is 11.4 Å². The van der Waals surface area contributed by atoms with Gasteiger partial charge in [-0.1, -0.05) is 0 Å². The second-order valence-electron chi connectivity index (χ2n) is 4.82. The summed E-state index contributed by atoms with van der Waals surface area (Å²) in [4.78, 5) is 11.8. The van der Waals surface area contributed by atoms with E-state index in [0.29, 0.717) is 13.2 Å². The topological polar surface area (TPSA) is 56.2 Å². The van der Waals surface area contributed by atoms with Gasteiger partial charge in [0.15, 0.2) is 0 Å². The Kier molecular flexibility index (Phi) is 3.84. The fraction of sp³-hybridized carbons (Fsp3) is 0.429. The van der Waals surface area contributed by atoms with Crippen LogP contribution in [0.2, 0.25) is 0 Å². The summed E-state index contributed by atoms with van der Waals surface area (Å²) in [6, 6.07) is 1.83. The highest BCUT2D eigenvalue weighted by Crippen LogP contribution is 2.20. The summed E-state index contributed by atoms with van der Waals surface area (Å²) in [5.74, 6) is -0.0210. The van der Waals surface area contributed by atoms with Crippen LogP contribution in [0.4, 0.5) is 0 Å². The highest BCUT2D eigenvalue weighted by molar-refractivity contribution is 7.08. The van der Waals surface area contributed by atoms with Crippen LogP contribution in [-0.2, 0) is 31.2 Å². The number of nitrogens with zero attached hydrogens (tertiary/aromatic N) is 2. The Hall–Kier alpha value is -1.66. The Bertz CT molecular complexity index is 604. The zero-order valence-corrected chi connectivity index (χ0v) is 12.2. The molecule has 0 bridgehead atoms. The van der Waals surface area contributed by atoms with E-state index in [9.17, 15) is 4.79 Å². The van der Waals surface area contributed by atoms with E-state index in [4.69, 9.17) is 4.74 Å². The number of ether oxygens (including phenoxy) is 1. The van der Waals surface area contributed by atoms with Gasteiger partial charge >= 0.3 is 0 Å². The maximum absolute atomic E-state index is 11.8. The van der Waals surface area contributed by atoms with Gasteiger partial charge in [0.1, 0.15) is 0 Å². The molecule has 106 valence electrons. The van der Waals surface area contributed by atoms with E-state index in [1.165, 1.54) is 22.6 Å². The first kappa shape index (κ1) is 13.3. The van der Waals surface area contributed by atoms with Crippen molar-refractivity contribution in [1.29, 1.82) is 0 Å². The average Bonchev–Trinajstić information content (AvgIpc) is 3.09. The van der Waals surface area contributed by atoms with Gasteiger partial charge in [0, 0.05) is 48.6 Å². The van der Waals surface area contributed by atoms with E-state index >= 15 is 0 Å². The Labute approximate surface area is 121 Å². The molecule has 2 aromatic heterocycles. The number of fused-ring (bicyclic) bond motifs is 1. The second kappa shape index (κ2) is 5.76. The molecule has 0 saturated heterocycles. The molecule has 5 nitrogen and oxygen atoms in total. The van der Waals surface area contributed by atoms with E-state index in [0.717, 1.165) is 30.7 Å². The Morgan fingerprint density at radius 2 is 2.50 bits per heavy atom. The van der Waals surface area contributed by atoms with Gasteiger partial charge in [0.2, 0.25) is 0 Å². The third-order valence-corrected chi connectivity index (χ3v) is 4.20. The molecule has 1 aliphatic rings. The molecule has 0 atom stereocenters. The Morgan fingerprint density at radius 1 is 1.60 bits per heavy atom. The van der Waals surface area contributed by atoms with Crippen molar-refractivity contribution >= 4 is 17.2 Å². The van der Waals surface area contributed by atoms with Gasteiger partial charge in [0.25, 0.3) is 5.91 Å². The lowest BCUT2D eigenvalue weighted by molar-refractivity contribution is 0.0954. The molecule has 6 heteroatoms. The molecule has 1 N–H and O–H groups in total. The van der Waals surface area contributed by atoms with Crippen LogP contribution in [0, 0.1) is 0 Å². The van der Waals surface area contributed by atoms with Crippen LogP contribution >= 0.6 is 11.3 Å². The molecule has 2 aromatic rings. The summed E-state index contributed by atoms with van der Waals surface area (Å²) in [6.45, 7) is 2.00. The number of hydrogen-bond donors (Lipinski definition) is 1. The molecule has 0 aromatic carbocycles. The molecule has 1 aliphatic heterocycles. The zero-order valence-electron chi connectivity index (χ0n) is 11.4. The Morgan fingerprint density at radius 3 is 3.30 bits per heavy atom. The van der Waals surface area contributed by atoms with Gasteiger partial charge in [-0.3, -0.25) is 9.48 Å². The SMILES string of the molecule is Cn1nc(CCNC(=O)c2ccsc2)c2c1CCOC2. The van der Waals surface area contributed by atoms with Gasteiger partial charge in [-0.2, -0.15) is 16.4 Å². The van der Waals surface area contributed by atoms with Gasteiger partial charge < -0.3 is 10.1 Å². The maximum Gasteiger partial charge on any atom is 0.252 e. The largest absolute Gasteiger partial charge is 0.376 e. The molecule has 0 fully saturated rings. The first-order valence-electron chi connectivity index (χ1n) is 6.67. The minimum Gasteiger partial charge on any atom is -0.376 e. The molecule has 0 saturated carbocycles. The van der Waals surface area contributed by atoms with Crippen LogP contribution in [-0.4, -0.2) is 28.8 Å². The number of rotatable bonds is 4. The molecular formula is C14H17N3O2S. The van der Waals surface area contributed by atoms with Gasteiger partial charge in [-0.25, -0.2) is 0 Å². The number of carbonyl (C=O) groups excluding carboxylic acids is 1. The molecule has 0 unspecified atom stereocenters. The fourth-order valence-corrected chi connectivity index (χ4v) is 3.11. The van der Waals surface area contributed by atoms with Crippen LogP contribution < -0.4 is 5.32 Å². The van der Waals surface area contributed by atoms with Crippen LogP contribution in [0.15, 0.2) is 16.8 Å². The first-order valence-corrected chi connectivity index (χ1v) is 7.62. The van der Waals surface area contributed by atoms with Crippen molar-refractivity contribution in [3.8, 4) is 0 Å². The molecule has 0 aliphatic carbocycles. The highest BCUT2D eigenvalue weighted by Gasteiger charge is 2.19. The molecular weight excluding hydrogens is 274 g/mol. The van der Waals surface area contributed by atoms with Gasteiger partial charge in [0.05, 0.1) is 18.9 Å². The summed E-state index contributed by atoms with van der Waals surface area (Å²) < 4.78 is 7.44. The predicted octanol–water partition coefficient (Wildman–Crippen LogP) is 1.53. The van der Waals surface area contributed by atoms with Crippen molar-refractivity contribution in [2.24, 2.45) is 7.05 Å². The first-order chi connectivity index (χ1) is 9.75. The highest BCUT2D eigenvalue weighted by atomic mass is 32.1. The molecule has 20 heavy (non-hydrogen) atoms. The number of amides is 1. The van der Waals surface area contributed by atoms with Crippen molar-refractivity contribution in [2.45, 2.75) is 19.4 Å². The number of hydrogen-bond acceptors (Lipinski definition) is 4. The summed E-state index contributed by atoms with van der Waals surface area (Å²) in [7, 11) is 1.97. The smallest absolute Gasteiger partial charge is 0.252 e. The minimum absolute atomic E-state index is 0.0210. The lowest BCUT2D eigenvalue weighted by Gasteiger charge is -2.13. The Balaban J connectivity index is 1.60. The van der Waals surface area contributed by atoms with E-state index in [2.05, 4.69) is 10.4 Å². The standard InChI is InChI=1S/C14H17N3O2S/c1-17-13-3-6-19-8-11(13)12(16-17)2-5-15-14(18)10-4-7-20-9-10/h4,7,9H,2-3,5-6,8H2,1H3,(H,15,18). The zero-order chi connectivity index (χ0) is 13.9. The van der Waals surface area contributed by atoms with Crippen molar-refractivity contribution in [2.75, 3.05) is 13.2 Å². The van der Waals surface area contributed by atoms with Crippen molar-refractivity contribution in [3.63, 3.8) is 0 Å². The predicted molar refractivity (Wildman–Crippen MR) is 76.9 cm³/mol. The summed E-state index contributed by atoms with van der Waals surface area (Å²) in [5.41, 5.74) is 4.22. The fourth-order valence-electron chi connectivity index (χ4n) is 2.48. The van der Waals surface area contributed by atoms with Crippen molar-refractivity contribution in [1.82, 2.24) is 15.1 Å². The third kappa shape index (κ3) is 2.62. The monoisotopic (exact) mass is 291 g/mol. The van der Waals surface area contributed by atoms with Crippen molar-refractivity contribution < 1.29 is 9.53 Å². The molecule has 3 rings (SSSR count). The summed E-state index contributed by atoms with van der Waals surface area (Å²) >= 11 is 1.53. The lowest BCUT2D eigenvalue weighted by atomic mass is 10.1. The third-order valence-electron chi connectivity index (χ3n) is 3.52. The maximum atomic E-state index is 11.8.